The van der Waals surface area contributed by atoms with Crippen LogP contribution in [0.1, 0.15) is 24.2 Å². The van der Waals surface area contributed by atoms with Crippen LogP contribution in [-0.4, -0.2) is 21.9 Å². The molecule has 0 aliphatic rings. The lowest BCUT2D eigenvalue weighted by molar-refractivity contribution is 0.102. The minimum Gasteiger partial charge on any atom is -0.352 e. The van der Waals surface area contributed by atoms with E-state index in [4.69, 9.17) is 11.6 Å². The fourth-order valence-corrected chi connectivity index (χ4v) is 1.74. The fourth-order valence-electron chi connectivity index (χ4n) is 1.56. The summed E-state index contributed by atoms with van der Waals surface area (Å²) in [5, 5.41) is 5.56. The van der Waals surface area contributed by atoms with Gasteiger partial charge in [0, 0.05) is 24.1 Å². The molecule has 21 heavy (non-hydrogen) atoms. The van der Waals surface area contributed by atoms with Crippen molar-refractivity contribution in [2.24, 2.45) is 0 Å². The number of nitrogens with one attached hydrogen (secondary N) is 2. The molecule has 1 amide bonds. The highest BCUT2D eigenvalue weighted by Crippen LogP contribution is 2.19. The number of aromatic nitrogens is 2. The van der Waals surface area contributed by atoms with Crippen LogP contribution in [0.4, 0.5) is 16.0 Å². The van der Waals surface area contributed by atoms with Crippen molar-refractivity contribution in [1.82, 2.24) is 9.97 Å². The number of hydrogen-bond acceptors (Lipinski definition) is 4. The molecular formula is C14H14ClFN4O. The van der Waals surface area contributed by atoms with Crippen molar-refractivity contribution in [3.8, 4) is 0 Å². The number of rotatable bonds is 4. The van der Waals surface area contributed by atoms with Gasteiger partial charge < -0.3 is 10.6 Å². The molecule has 0 radical (unpaired) electrons. The van der Waals surface area contributed by atoms with Gasteiger partial charge in [-0.1, -0.05) is 11.6 Å². The minimum atomic E-state index is -0.540. The van der Waals surface area contributed by atoms with Crippen molar-refractivity contribution in [3.05, 3.63) is 47.0 Å². The monoisotopic (exact) mass is 308 g/mol. The molecule has 0 saturated heterocycles. The molecule has 0 aliphatic carbocycles. The maximum Gasteiger partial charge on any atom is 0.258 e. The van der Waals surface area contributed by atoms with Crippen molar-refractivity contribution < 1.29 is 9.18 Å². The van der Waals surface area contributed by atoms with E-state index < -0.39 is 11.7 Å². The first-order chi connectivity index (χ1) is 9.95. The van der Waals surface area contributed by atoms with Crippen molar-refractivity contribution in [1.29, 1.82) is 0 Å². The Morgan fingerprint density at radius 3 is 2.52 bits per heavy atom. The maximum atomic E-state index is 13.0. The lowest BCUT2D eigenvalue weighted by Crippen LogP contribution is -2.15. The Morgan fingerprint density at radius 1 is 1.29 bits per heavy atom. The highest BCUT2D eigenvalue weighted by atomic mass is 35.5. The van der Waals surface area contributed by atoms with Gasteiger partial charge in [-0.3, -0.25) is 4.79 Å². The van der Waals surface area contributed by atoms with Gasteiger partial charge in [0.25, 0.3) is 5.91 Å². The largest absolute Gasteiger partial charge is 0.352 e. The average Bonchev–Trinajstić information content (AvgIpc) is 2.43. The predicted molar refractivity (Wildman–Crippen MR) is 80.2 cm³/mol. The summed E-state index contributed by atoms with van der Waals surface area (Å²) >= 11 is 5.65. The second-order valence-electron chi connectivity index (χ2n) is 4.68. The van der Waals surface area contributed by atoms with E-state index in [1.54, 1.807) is 0 Å². The Hall–Kier alpha value is -2.21. The van der Waals surface area contributed by atoms with E-state index in [0.717, 1.165) is 0 Å². The molecule has 0 bridgehead atoms. The number of carbonyl (C=O) groups excluding carboxylic acids is 1. The number of carbonyl (C=O) groups is 1. The third kappa shape index (κ3) is 4.13. The summed E-state index contributed by atoms with van der Waals surface area (Å²) in [4.78, 5) is 20.1. The summed E-state index contributed by atoms with van der Waals surface area (Å²) in [6, 6.07) is 4.15. The minimum absolute atomic E-state index is 0.0551. The molecule has 0 aliphatic heterocycles. The molecule has 2 aromatic rings. The van der Waals surface area contributed by atoms with Gasteiger partial charge in [-0.2, -0.15) is 0 Å². The zero-order valence-electron chi connectivity index (χ0n) is 11.5. The Labute approximate surface area is 126 Å². The summed E-state index contributed by atoms with van der Waals surface area (Å²) in [5.41, 5.74) is 0.695. The summed E-state index contributed by atoms with van der Waals surface area (Å²) in [7, 11) is 0. The van der Waals surface area contributed by atoms with Gasteiger partial charge in [0.05, 0.1) is 10.6 Å². The van der Waals surface area contributed by atoms with E-state index >= 15 is 0 Å². The highest BCUT2D eigenvalue weighted by molar-refractivity contribution is 6.31. The van der Waals surface area contributed by atoms with Crippen molar-refractivity contribution >= 4 is 29.1 Å². The van der Waals surface area contributed by atoms with Gasteiger partial charge >= 0.3 is 0 Å². The lowest BCUT2D eigenvalue weighted by Gasteiger charge is -2.08. The Morgan fingerprint density at radius 2 is 1.95 bits per heavy atom. The summed E-state index contributed by atoms with van der Waals surface area (Å²) in [6.45, 7) is 3.92. The van der Waals surface area contributed by atoms with Gasteiger partial charge in [-0.15, -0.1) is 0 Å². The molecule has 2 N–H and O–H groups in total. The number of amides is 1. The molecule has 0 unspecified atom stereocenters. The first kappa shape index (κ1) is 15.2. The molecule has 1 aromatic heterocycles. The van der Waals surface area contributed by atoms with Crippen LogP contribution in [-0.2, 0) is 0 Å². The van der Waals surface area contributed by atoms with Gasteiger partial charge in [0.15, 0.2) is 0 Å². The SMILES string of the molecule is CC(C)Nc1ncc(C(=O)Nc2ccc(F)c(Cl)c2)cn1. The van der Waals surface area contributed by atoms with E-state index in [1.165, 1.54) is 30.6 Å². The molecule has 0 spiro atoms. The summed E-state index contributed by atoms with van der Waals surface area (Å²) < 4.78 is 13.0. The zero-order chi connectivity index (χ0) is 15.4. The first-order valence-corrected chi connectivity index (χ1v) is 6.68. The topological polar surface area (TPSA) is 66.9 Å². The van der Waals surface area contributed by atoms with Crippen LogP contribution in [0.3, 0.4) is 0 Å². The maximum absolute atomic E-state index is 13.0. The average molecular weight is 309 g/mol. The second-order valence-corrected chi connectivity index (χ2v) is 5.08. The van der Waals surface area contributed by atoms with Gasteiger partial charge in [-0.25, -0.2) is 14.4 Å². The third-order valence-corrected chi connectivity index (χ3v) is 2.80. The smallest absolute Gasteiger partial charge is 0.258 e. The quantitative estimate of drug-likeness (QED) is 0.909. The zero-order valence-corrected chi connectivity index (χ0v) is 12.3. The van der Waals surface area contributed by atoms with Crippen LogP contribution < -0.4 is 10.6 Å². The van der Waals surface area contributed by atoms with Crippen LogP contribution in [0.5, 0.6) is 0 Å². The Balaban J connectivity index is 2.07. The molecule has 0 fully saturated rings. The van der Waals surface area contributed by atoms with Crippen LogP contribution >= 0.6 is 11.6 Å². The number of anilines is 2. The molecule has 1 heterocycles. The van der Waals surface area contributed by atoms with E-state index in [-0.39, 0.29) is 11.1 Å². The normalized spacial score (nSPS) is 10.5. The molecule has 7 heteroatoms. The third-order valence-electron chi connectivity index (χ3n) is 2.51. The molecule has 0 atom stereocenters. The molecule has 0 saturated carbocycles. The Bertz CT molecular complexity index is 646. The molecule has 2 rings (SSSR count). The van der Waals surface area contributed by atoms with E-state index in [0.29, 0.717) is 17.2 Å². The van der Waals surface area contributed by atoms with Gasteiger partial charge in [-0.05, 0) is 32.0 Å². The van der Waals surface area contributed by atoms with Crippen LogP contribution in [0.15, 0.2) is 30.6 Å². The number of hydrogen-bond donors (Lipinski definition) is 2. The standard InChI is InChI=1S/C14H14ClFN4O/c1-8(2)19-14-17-6-9(7-18-14)13(21)20-10-3-4-12(16)11(15)5-10/h3-8H,1-2H3,(H,20,21)(H,17,18,19). The van der Waals surface area contributed by atoms with Gasteiger partial charge in [0.1, 0.15) is 5.82 Å². The van der Waals surface area contributed by atoms with E-state index in [9.17, 15) is 9.18 Å². The molecular weight excluding hydrogens is 295 g/mol. The number of nitrogens with zero attached hydrogens (tertiary/aromatic N) is 2. The highest BCUT2D eigenvalue weighted by Gasteiger charge is 2.09. The molecule has 5 nitrogen and oxygen atoms in total. The first-order valence-electron chi connectivity index (χ1n) is 6.30. The molecule has 1 aromatic carbocycles. The second kappa shape index (κ2) is 6.49. The van der Waals surface area contributed by atoms with Gasteiger partial charge in [0.2, 0.25) is 5.95 Å². The lowest BCUT2D eigenvalue weighted by atomic mass is 10.2. The number of halogens is 2. The van der Waals surface area contributed by atoms with E-state index in [2.05, 4.69) is 20.6 Å². The van der Waals surface area contributed by atoms with Crippen LogP contribution in [0.25, 0.3) is 0 Å². The summed E-state index contributed by atoms with van der Waals surface area (Å²) in [6.07, 6.45) is 2.83. The Kier molecular flexibility index (Phi) is 4.70. The van der Waals surface area contributed by atoms with Crippen molar-refractivity contribution in [3.63, 3.8) is 0 Å². The molecule has 110 valence electrons. The number of benzene rings is 1. The fraction of sp³-hybridized carbons (Fsp3) is 0.214. The van der Waals surface area contributed by atoms with Crippen molar-refractivity contribution in [2.75, 3.05) is 10.6 Å². The van der Waals surface area contributed by atoms with E-state index in [1.807, 2.05) is 13.8 Å². The summed E-state index contributed by atoms with van der Waals surface area (Å²) in [5.74, 6) is -0.484. The van der Waals surface area contributed by atoms with Crippen LogP contribution in [0.2, 0.25) is 5.02 Å². The predicted octanol–water partition coefficient (Wildman–Crippen LogP) is 3.34. The van der Waals surface area contributed by atoms with Crippen molar-refractivity contribution in [2.45, 2.75) is 19.9 Å². The van der Waals surface area contributed by atoms with Crippen LogP contribution in [0, 0.1) is 5.82 Å².